The Balaban J connectivity index is 1.56. The number of hydrogen-bond acceptors (Lipinski definition) is 1. The fourth-order valence-corrected chi connectivity index (χ4v) is 4.34. The summed E-state index contributed by atoms with van der Waals surface area (Å²) in [5.74, 6) is -1.75. The van der Waals surface area contributed by atoms with Gasteiger partial charge in [-0.1, -0.05) is 12.1 Å². The molecule has 25 heavy (non-hydrogen) atoms. The SMILES string of the molecule is O=C(c1cc(F)cc(F)c1)N1C2CCC1CC(c1ccc(F)cc1)C2. The molecule has 0 saturated carbocycles. The average molecular weight is 345 g/mol. The van der Waals surface area contributed by atoms with E-state index in [-0.39, 0.29) is 35.3 Å². The van der Waals surface area contributed by atoms with Crippen LogP contribution in [0.2, 0.25) is 0 Å². The molecule has 2 aromatic rings. The summed E-state index contributed by atoms with van der Waals surface area (Å²) >= 11 is 0. The van der Waals surface area contributed by atoms with Crippen LogP contribution >= 0.6 is 0 Å². The molecule has 0 N–H and O–H groups in total. The van der Waals surface area contributed by atoms with Crippen LogP contribution in [0.3, 0.4) is 0 Å². The Morgan fingerprint density at radius 2 is 1.40 bits per heavy atom. The van der Waals surface area contributed by atoms with Crippen LogP contribution < -0.4 is 0 Å². The summed E-state index contributed by atoms with van der Waals surface area (Å²) in [7, 11) is 0. The molecule has 2 unspecified atom stereocenters. The van der Waals surface area contributed by atoms with Crippen LogP contribution in [-0.4, -0.2) is 22.9 Å². The van der Waals surface area contributed by atoms with Crippen molar-refractivity contribution in [3.05, 3.63) is 71.0 Å². The van der Waals surface area contributed by atoms with Crippen LogP contribution in [0, 0.1) is 17.5 Å². The standard InChI is InChI=1S/C20H18F3NO/c21-15-3-1-12(2-4-15)13-9-18-5-6-19(10-13)24(18)20(25)14-7-16(22)11-17(23)8-14/h1-4,7-8,11,13,18-19H,5-6,9-10H2. The molecule has 5 heteroatoms. The zero-order chi connectivity index (χ0) is 17.6. The molecule has 0 aliphatic carbocycles. The summed E-state index contributed by atoms with van der Waals surface area (Å²) in [6.45, 7) is 0. The molecule has 130 valence electrons. The predicted molar refractivity (Wildman–Crippen MR) is 87.7 cm³/mol. The van der Waals surface area contributed by atoms with Gasteiger partial charge in [0, 0.05) is 23.7 Å². The van der Waals surface area contributed by atoms with Crippen molar-refractivity contribution < 1.29 is 18.0 Å². The molecule has 2 heterocycles. The lowest BCUT2D eigenvalue weighted by molar-refractivity contribution is 0.0570. The van der Waals surface area contributed by atoms with E-state index in [0.29, 0.717) is 0 Å². The Kier molecular flexibility index (Phi) is 4.02. The van der Waals surface area contributed by atoms with Crippen LogP contribution in [0.4, 0.5) is 13.2 Å². The van der Waals surface area contributed by atoms with Crippen molar-refractivity contribution >= 4 is 5.91 Å². The van der Waals surface area contributed by atoms with Crippen LogP contribution in [0.15, 0.2) is 42.5 Å². The number of nitrogens with zero attached hydrogens (tertiary/aromatic N) is 1. The number of amides is 1. The second kappa shape index (κ2) is 6.21. The van der Waals surface area contributed by atoms with E-state index in [1.54, 1.807) is 17.0 Å². The Labute approximate surface area is 144 Å². The summed E-state index contributed by atoms with van der Waals surface area (Å²) in [4.78, 5) is 14.6. The number of benzene rings is 2. The molecule has 0 radical (unpaired) electrons. The molecule has 0 spiro atoms. The molecule has 2 saturated heterocycles. The smallest absolute Gasteiger partial charge is 0.254 e. The van der Waals surface area contributed by atoms with Crippen molar-refractivity contribution in [1.82, 2.24) is 4.90 Å². The quantitative estimate of drug-likeness (QED) is 0.775. The van der Waals surface area contributed by atoms with Crippen molar-refractivity contribution in [2.24, 2.45) is 0 Å². The molecule has 2 atom stereocenters. The van der Waals surface area contributed by atoms with Gasteiger partial charge in [-0.2, -0.15) is 0 Å². The lowest BCUT2D eigenvalue weighted by Crippen LogP contribution is -2.46. The highest BCUT2D eigenvalue weighted by Gasteiger charge is 2.43. The number of halogens is 3. The van der Waals surface area contributed by atoms with Gasteiger partial charge in [-0.3, -0.25) is 4.79 Å². The third-order valence-electron chi connectivity index (χ3n) is 5.42. The number of carbonyl (C=O) groups excluding carboxylic acids is 1. The molecule has 2 aromatic carbocycles. The third kappa shape index (κ3) is 3.03. The first kappa shape index (κ1) is 16.2. The molecular weight excluding hydrogens is 327 g/mol. The van der Waals surface area contributed by atoms with Gasteiger partial charge in [0.15, 0.2) is 0 Å². The summed E-state index contributed by atoms with van der Waals surface area (Å²) in [5, 5.41) is 0. The minimum atomic E-state index is -0.739. The minimum Gasteiger partial charge on any atom is -0.333 e. The number of piperidine rings is 1. The molecular formula is C20H18F3NO. The van der Waals surface area contributed by atoms with Crippen molar-refractivity contribution in [2.75, 3.05) is 0 Å². The highest BCUT2D eigenvalue weighted by atomic mass is 19.1. The molecule has 4 rings (SSSR count). The minimum absolute atomic E-state index is 0.0626. The Hall–Kier alpha value is -2.30. The first-order valence-electron chi connectivity index (χ1n) is 8.55. The number of carbonyl (C=O) groups is 1. The van der Waals surface area contributed by atoms with Gasteiger partial charge in [0.25, 0.3) is 5.91 Å². The zero-order valence-electron chi connectivity index (χ0n) is 13.6. The Morgan fingerprint density at radius 3 is 1.96 bits per heavy atom. The van der Waals surface area contributed by atoms with Gasteiger partial charge in [0.2, 0.25) is 0 Å². The van der Waals surface area contributed by atoms with Gasteiger partial charge in [-0.25, -0.2) is 13.2 Å². The molecule has 2 bridgehead atoms. The van der Waals surface area contributed by atoms with E-state index < -0.39 is 11.6 Å². The average Bonchev–Trinajstić information content (AvgIpc) is 2.83. The summed E-state index contributed by atoms with van der Waals surface area (Å²) in [6.07, 6.45) is 3.38. The van der Waals surface area contributed by atoms with E-state index in [9.17, 15) is 18.0 Å². The van der Waals surface area contributed by atoms with Crippen molar-refractivity contribution in [2.45, 2.75) is 43.7 Å². The largest absolute Gasteiger partial charge is 0.333 e. The van der Waals surface area contributed by atoms with E-state index in [1.165, 1.54) is 12.1 Å². The Bertz CT molecular complexity index is 771. The first-order valence-corrected chi connectivity index (χ1v) is 8.55. The van der Waals surface area contributed by atoms with Gasteiger partial charge in [0.1, 0.15) is 17.5 Å². The highest BCUT2D eigenvalue weighted by Crippen LogP contribution is 2.43. The van der Waals surface area contributed by atoms with Crippen molar-refractivity contribution in [1.29, 1.82) is 0 Å². The highest BCUT2D eigenvalue weighted by molar-refractivity contribution is 5.95. The summed E-state index contributed by atoms with van der Waals surface area (Å²) in [5.41, 5.74) is 1.15. The maximum Gasteiger partial charge on any atom is 0.254 e. The van der Waals surface area contributed by atoms with Gasteiger partial charge in [-0.15, -0.1) is 0 Å². The van der Waals surface area contributed by atoms with E-state index >= 15 is 0 Å². The maximum atomic E-state index is 13.4. The lowest BCUT2D eigenvalue weighted by atomic mass is 9.85. The van der Waals surface area contributed by atoms with E-state index in [2.05, 4.69) is 0 Å². The fraction of sp³-hybridized carbons (Fsp3) is 0.350. The molecule has 1 amide bonds. The van der Waals surface area contributed by atoms with Crippen molar-refractivity contribution in [3.8, 4) is 0 Å². The van der Waals surface area contributed by atoms with E-state index in [0.717, 1.165) is 49.4 Å². The molecule has 2 aliphatic heterocycles. The number of rotatable bonds is 2. The zero-order valence-corrected chi connectivity index (χ0v) is 13.6. The van der Waals surface area contributed by atoms with Gasteiger partial charge < -0.3 is 4.90 Å². The summed E-state index contributed by atoms with van der Waals surface area (Å²) < 4.78 is 40.0. The maximum absolute atomic E-state index is 13.4. The van der Waals surface area contributed by atoms with Crippen LogP contribution in [0.25, 0.3) is 0 Å². The van der Waals surface area contributed by atoms with Crippen LogP contribution in [-0.2, 0) is 0 Å². The molecule has 2 fully saturated rings. The normalized spacial score (nSPS) is 25.2. The monoisotopic (exact) mass is 345 g/mol. The van der Waals surface area contributed by atoms with Crippen LogP contribution in [0.5, 0.6) is 0 Å². The second-order valence-corrected chi connectivity index (χ2v) is 6.98. The third-order valence-corrected chi connectivity index (χ3v) is 5.42. The lowest BCUT2D eigenvalue weighted by Gasteiger charge is -2.39. The van der Waals surface area contributed by atoms with Gasteiger partial charge in [0.05, 0.1) is 0 Å². The van der Waals surface area contributed by atoms with Crippen molar-refractivity contribution in [3.63, 3.8) is 0 Å². The molecule has 0 aromatic heterocycles. The predicted octanol–water partition coefficient (Wildman–Crippen LogP) is 4.65. The molecule has 2 aliphatic rings. The van der Waals surface area contributed by atoms with Gasteiger partial charge in [-0.05, 0) is 61.4 Å². The van der Waals surface area contributed by atoms with E-state index in [1.807, 2.05) is 0 Å². The number of hydrogen-bond donors (Lipinski definition) is 0. The first-order chi connectivity index (χ1) is 12.0. The van der Waals surface area contributed by atoms with Crippen LogP contribution in [0.1, 0.15) is 47.5 Å². The van der Waals surface area contributed by atoms with E-state index in [4.69, 9.17) is 0 Å². The number of fused-ring (bicyclic) bond motifs is 2. The van der Waals surface area contributed by atoms with Gasteiger partial charge >= 0.3 is 0 Å². The summed E-state index contributed by atoms with van der Waals surface area (Å²) in [6, 6.07) is 9.62. The Morgan fingerprint density at radius 1 is 0.840 bits per heavy atom. The fourth-order valence-electron chi connectivity index (χ4n) is 4.34. The second-order valence-electron chi connectivity index (χ2n) is 6.98. The molecule has 2 nitrogen and oxygen atoms in total. The topological polar surface area (TPSA) is 20.3 Å².